The molecule has 0 aliphatic rings. The summed E-state index contributed by atoms with van der Waals surface area (Å²) in [6.45, 7) is -1.21. The van der Waals surface area contributed by atoms with Crippen molar-refractivity contribution in [2.75, 3.05) is 0 Å². The molecule has 0 aliphatic carbocycles. The van der Waals surface area contributed by atoms with Gasteiger partial charge in [-0.15, -0.1) is 0 Å². The molecule has 1 aromatic carbocycles. The molecule has 0 atom stereocenters. The summed E-state index contributed by atoms with van der Waals surface area (Å²) in [4.78, 5) is 2.01. The van der Waals surface area contributed by atoms with Crippen molar-refractivity contribution >= 4 is 5.69 Å². The van der Waals surface area contributed by atoms with Gasteiger partial charge in [0.2, 0.25) is 0 Å². The highest BCUT2D eigenvalue weighted by molar-refractivity contribution is 5.44. The van der Waals surface area contributed by atoms with Crippen molar-refractivity contribution in [3.63, 3.8) is 0 Å². The fourth-order valence-corrected chi connectivity index (χ4v) is 0.937. The predicted octanol–water partition coefficient (Wildman–Crippen LogP) is 2.68. The zero-order valence-corrected chi connectivity index (χ0v) is 7.01. The largest absolute Gasteiger partial charge is 0.391 e. The summed E-state index contributed by atoms with van der Waals surface area (Å²) in [5.74, 6) is -7.23. The molecule has 0 spiro atoms. The summed E-state index contributed by atoms with van der Waals surface area (Å²) in [5, 5.41) is 10.9. The normalized spacial score (nSPS) is 9.93. The lowest BCUT2D eigenvalue weighted by Gasteiger charge is -2.06. The van der Waals surface area contributed by atoms with Crippen molar-refractivity contribution in [2.24, 2.45) is 5.11 Å². The van der Waals surface area contributed by atoms with Gasteiger partial charge in [-0.1, -0.05) is 5.11 Å². The molecular weight excluding hydrogens is 218 g/mol. The molecule has 1 aromatic rings. The van der Waals surface area contributed by atoms with Crippen LogP contribution in [-0.4, -0.2) is 5.11 Å². The molecule has 4 nitrogen and oxygen atoms in total. The van der Waals surface area contributed by atoms with Gasteiger partial charge in [0.25, 0.3) is 0 Å². The SMILES string of the molecule is [N-]=[N+]=Nc1c(F)c(F)c(CO)c(F)c1F. The number of aliphatic hydroxyl groups is 1. The lowest BCUT2D eigenvalue weighted by molar-refractivity contribution is 0.263. The number of rotatable bonds is 2. The van der Waals surface area contributed by atoms with E-state index in [0.717, 1.165) is 0 Å². The van der Waals surface area contributed by atoms with Crippen molar-refractivity contribution in [3.8, 4) is 0 Å². The van der Waals surface area contributed by atoms with Crippen LogP contribution in [0.5, 0.6) is 0 Å². The van der Waals surface area contributed by atoms with Crippen LogP contribution < -0.4 is 0 Å². The third-order valence-corrected chi connectivity index (χ3v) is 1.63. The quantitative estimate of drug-likeness (QED) is 0.269. The molecule has 0 aliphatic heterocycles. The van der Waals surface area contributed by atoms with Crippen molar-refractivity contribution in [3.05, 3.63) is 39.3 Å². The van der Waals surface area contributed by atoms with Crippen molar-refractivity contribution in [1.82, 2.24) is 0 Å². The number of nitrogens with zero attached hydrogens (tertiary/aromatic N) is 3. The number of aliphatic hydroxyl groups excluding tert-OH is 1. The highest BCUT2D eigenvalue weighted by Gasteiger charge is 2.23. The van der Waals surface area contributed by atoms with Crippen LogP contribution in [0.15, 0.2) is 5.11 Å². The van der Waals surface area contributed by atoms with E-state index in [2.05, 4.69) is 5.11 Å². The summed E-state index contributed by atoms with van der Waals surface area (Å²) in [5.41, 5.74) is 5.36. The highest BCUT2D eigenvalue weighted by Crippen LogP contribution is 2.30. The fraction of sp³-hybridized carbons (Fsp3) is 0.143. The molecule has 0 radical (unpaired) electrons. The summed E-state index contributed by atoms with van der Waals surface area (Å²) >= 11 is 0. The molecule has 0 unspecified atom stereocenters. The summed E-state index contributed by atoms with van der Waals surface area (Å²) in [6, 6.07) is 0. The maximum Gasteiger partial charge on any atom is 0.171 e. The molecule has 0 bridgehead atoms. The number of hydrogen-bond donors (Lipinski definition) is 1. The van der Waals surface area contributed by atoms with Gasteiger partial charge in [0.1, 0.15) is 5.69 Å². The number of azide groups is 1. The second-order valence-electron chi connectivity index (χ2n) is 2.43. The van der Waals surface area contributed by atoms with Crippen molar-refractivity contribution in [2.45, 2.75) is 6.61 Å². The summed E-state index contributed by atoms with van der Waals surface area (Å²) in [6.07, 6.45) is 0. The first kappa shape index (κ1) is 11.3. The minimum Gasteiger partial charge on any atom is -0.391 e. The maximum absolute atomic E-state index is 12.9. The molecule has 8 heteroatoms. The van der Waals surface area contributed by atoms with Gasteiger partial charge in [0.15, 0.2) is 23.3 Å². The minimum atomic E-state index is -1.84. The maximum atomic E-state index is 12.9. The predicted molar refractivity (Wildman–Crippen MR) is 41.0 cm³/mol. The smallest absolute Gasteiger partial charge is 0.171 e. The second-order valence-corrected chi connectivity index (χ2v) is 2.43. The molecule has 1 N–H and O–H groups in total. The van der Waals surface area contributed by atoms with Crippen LogP contribution in [0.2, 0.25) is 0 Å². The monoisotopic (exact) mass is 221 g/mol. The van der Waals surface area contributed by atoms with Crippen LogP contribution >= 0.6 is 0 Å². The van der Waals surface area contributed by atoms with Gasteiger partial charge in [-0.3, -0.25) is 0 Å². The van der Waals surface area contributed by atoms with Crippen LogP contribution in [-0.2, 0) is 6.61 Å². The van der Waals surface area contributed by atoms with Crippen LogP contribution in [0, 0.1) is 23.3 Å². The number of hydrogen-bond acceptors (Lipinski definition) is 2. The Labute approximate surface area is 80.4 Å². The standard InChI is InChI=1S/C7H3F4N3O/c8-3-2(1-15)4(9)6(11)7(5(3)10)13-14-12/h15H,1H2. The van der Waals surface area contributed by atoms with E-state index in [9.17, 15) is 17.6 Å². The average Bonchev–Trinajstić information content (AvgIpc) is 2.23. The van der Waals surface area contributed by atoms with Crippen LogP contribution in [0.25, 0.3) is 10.4 Å². The van der Waals surface area contributed by atoms with Crippen LogP contribution in [0.1, 0.15) is 5.56 Å². The Kier molecular flexibility index (Phi) is 3.13. The summed E-state index contributed by atoms with van der Waals surface area (Å²) in [7, 11) is 0. The zero-order chi connectivity index (χ0) is 11.6. The van der Waals surface area contributed by atoms with Crippen LogP contribution in [0.3, 0.4) is 0 Å². The third-order valence-electron chi connectivity index (χ3n) is 1.63. The van der Waals surface area contributed by atoms with Gasteiger partial charge in [-0.25, -0.2) is 17.6 Å². The zero-order valence-electron chi connectivity index (χ0n) is 7.01. The van der Waals surface area contributed by atoms with Gasteiger partial charge >= 0.3 is 0 Å². The van der Waals surface area contributed by atoms with Gasteiger partial charge in [-0.2, -0.15) is 0 Å². The molecule has 15 heavy (non-hydrogen) atoms. The van der Waals surface area contributed by atoms with Crippen LogP contribution in [0.4, 0.5) is 23.2 Å². The molecule has 0 amide bonds. The third kappa shape index (κ3) is 1.72. The lowest BCUT2D eigenvalue weighted by atomic mass is 10.1. The molecule has 0 aromatic heterocycles. The Morgan fingerprint density at radius 3 is 1.87 bits per heavy atom. The van der Waals surface area contributed by atoms with Crippen molar-refractivity contribution in [1.29, 1.82) is 0 Å². The molecule has 80 valence electrons. The van der Waals surface area contributed by atoms with E-state index < -0.39 is 41.1 Å². The van der Waals surface area contributed by atoms with E-state index in [0.29, 0.717) is 0 Å². The van der Waals surface area contributed by atoms with E-state index in [1.807, 2.05) is 4.91 Å². The van der Waals surface area contributed by atoms with Gasteiger partial charge in [0, 0.05) is 4.91 Å². The Morgan fingerprint density at radius 2 is 1.53 bits per heavy atom. The van der Waals surface area contributed by atoms with Crippen molar-refractivity contribution < 1.29 is 22.7 Å². The second kappa shape index (κ2) is 4.16. The first-order chi connectivity index (χ1) is 7.04. The molecular formula is C7H3F4N3O. The van der Waals surface area contributed by atoms with Gasteiger partial charge in [-0.05, 0) is 5.53 Å². The topological polar surface area (TPSA) is 69.0 Å². The van der Waals surface area contributed by atoms with E-state index in [1.54, 1.807) is 0 Å². The fourth-order valence-electron chi connectivity index (χ4n) is 0.937. The van der Waals surface area contributed by atoms with E-state index in [-0.39, 0.29) is 0 Å². The first-order valence-electron chi connectivity index (χ1n) is 3.55. The lowest BCUT2D eigenvalue weighted by Crippen LogP contribution is -2.03. The number of halogens is 4. The molecule has 1 rings (SSSR count). The Morgan fingerprint density at radius 1 is 1.07 bits per heavy atom. The van der Waals surface area contributed by atoms with Gasteiger partial charge < -0.3 is 5.11 Å². The number of benzene rings is 1. The van der Waals surface area contributed by atoms with E-state index in [4.69, 9.17) is 10.6 Å². The van der Waals surface area contributed by atoms with E-state index >= 15 is 0 Å². The summed E-state index contributed by atoms with van der Waals surface area (Å²) < 4.78 is 51.6. The molecule has 0 saturated carbocycles. The Balaban J connectivity index is 3.65. The Bertz CT molecular complexity index is 427. The molecule has 0 fully saturated rings. The Hall–Kier alpha value is -1.79. The highest BCUT2D eigenvalue weighted by atomic mass is 19.2. The minimum absolute atomic E-state index is 1.15. The van der Waals surface area contributed by atoms with E-state index in [1.165, 1.54) is 0 Å². The first-order valence-corrected chi connectivity index (χ1v) is 3.55. The molecule has 0 saturated heterocycles. The molecule has 0 heterocycles. The average molecular weight is 221 g/mol. The van der Waals surface area contributed by atoms with Gasteiger partial charge in [0.05, 0.1) is 12.2 Å².